The zero-order valence-corrected chi connectivity index (χ0v) is 17.4. The second-order valence-electron chi connectivity index (χ2n) is 7.46. The summed E-state index contributed by atoms with van der Waals surface area (Å²) >= 11 is 0. The van der Waals surface area contributed by atoms with E-state index in [9.17, 15) is 0 Å². The molecule has 1 saturated carbocycles. The van der Waals surface area contributed by atoms with Crippen LogP contribution >= 0.6 is 24.0 Å². The number of aryl methyl sites for hydroxylation is 1. The first-order chi connectivity index (χ1) is 11.8. The summed E-state index contributed by atoms with van der Waals surface area (Å²) in [7, 11) is 1.91. The van der Waals surface area contributed by atoms with E-state index in [1.165, 1.54) is 55.2 Å². The highest BCUT2D eigenvalue weighted by atomic mass is 127. The van der Waals surface area contributed by atoms with E-state index in [-0.39, 0.29) is 24.0 Å². The molecule has 2 fully saturated rings. The molecular formula is C20H29IN4. The number of nitrogens with one attached hydrogen (secondary N) is 2. The Labute approximate surface area is 167 Å². The summed E-state index contributed by atoms with van der Waals surface area (Å²) in [5.41, 5.74) is 3.28. The monoisotopic (exact) mass is 452 g/mol. The summed E-state index contributed by atoms with van der Waals surface area (Å²) in [5, 5.41) is 4.93. The third-order valence-corrected chi connectivity index (χ3v) is 5.94. The van der Waals surface area contributed by atoms with E-state index in [0.29, 0.717) is 5.41 Å². The maximum Gasteiger partial charge on any atom is 0.193 e. The minimum absolute atomic E-state index is 0. The van der Waals surface area contributed by atoms with Gasteiger partial charge in [0.2, 0.25) is 0 Å². The van der Waals surface area contributed by atoms with Crippen LogP contribution in [0.4, 0.5) is 0 Å². The number of hydrogen-bond acceptors (Lipinski definition) is 1. The molecule has 2 aliphatic rings. The van der Waals surface area contributed by atoms with E-state index in [0.717, 1.165) is 25.3 Å². The number of guanidine groups is 1. The van der Waals surface area contributed by atoms with Gasteiger partial charge in [0.15, 0.2) is 5.96 Å². The average molecular weight is 452 g/mol. The van der Waals surface area contributed by atoms with E-state index in [4.69, 9.17) is 0 Å². The maximum atomic E-state index is 4.50. The molecule has 4 nitrogen and oxygen atoms in total. The molecule has 136 valence electrons. The lowest BCUT2D eigenvalue weighted by molar-refractivity contribution is 0.151. The fourth-order valence-electron chi connectivity index (χ4n) is 4.35. The molecular weight excluding hydrogens is 423 g/mol. The summed E-state index contributed by atoms with van der Waals surface area (Å²) in [4.78, 5) is 10.3. The molecule has 1 aliphatic heterocycles. The van der Waals surface area contributed by atoms with Crippen molar-refractivity contribution in [3.63, 3.8) is 0 Å². The summed E-state index contributed by atoms with van der Waals surface area (Å²) < 4.78 is 0. The first kappa shape index (κ1) is 18.5. The van der Waals surface area contributed by atoms with Crippen LogP contribution in [0.3, 0.4) is 0 Å². The van der Waals surface area contributed by atoms with Gasteiger partial charge in [0.1, 0.15) is 0 Å². The molecule has 2 heterocycles. The third-order valence-electron chi connectivity index (χ3n) is 5.94. The van der Waals surface area contributed by atoms with Crippen molar-refractivity contribution >= 4 is 40.8 Å². The lowest BCUT2D eigenvalue weighted by atomic mass is 9.68. The van der Waals surface area contributed by atoms with Gasteiger partial charge in [-0.15, -0.1) is 24.0 Å². The van der Waals surface area contributed by atoms with Crippen LogP contribution in [0.5, 0.6) is 0 Å². The Morgan fingerprint density at radius 2 is 2.12 bits per heavy atom. The molecule has 0 amide bonds. The van der Waals surface area contributed by atoms with Gasteiger partial charge in [0.25, 0.3) is 0 Å². The van der Waals surface area contributed by atoms with Crippen molar-refractivity contribution in [3.05, 3.63) is 36.0 Å². The van der Waals surface area contributed by atoms with E-state index >= 15 is 0 Å². The second kappa shape index (κ2) is 7.98. The van der Waals surface area contributed by atoms with Gasteiger partial charge in [-0.3, -0.25) is 4.99 Å². The highest BCUT2D eigenvalue weighted by Crippen LogP contribution is 2.47. The maximum absolute atomic E-state index is 4.50. The highest BCUT2D eigenvalue weighted by Gasteiger charge is 2.43. The number of H-pyrrole nitrogens is 1. The molecule has 2 aromatic rings. The number of benzene rings is 1. The van der Waals surface area contributed by atoms with Gasteiger partial charge in [0, 0.05) is 43.8 Å². The van der Waals surface area contributed by atoms with Crippen LogP contribution in [0, 0.1) is 5.41 Å². The van der Waals surface area contributed by atoms with Crippen LogP contribution in [0.1, 0.15) is 37.7 Å². The Bertz CT molecular complexity index is 732. The number of para-hydroxylation sites is 1. The molecule has 1 spiro atoms. The fraction of sp³-hybridized carbons (Fsp3) is 0.550. The first-order valence-electron chi connectivity index (χ1n) is 9.30. The molecule has 0 unspecified atom stereocenters. The molecule has 2 N–H and O–H groups in total. The summed E-state index contributed by atoms with van der Waals surface area (Å²) in [6.45, 7) is 3.35. The SMILES string of the molecule is CN=C(NCCCc1c[nH]c2ccccc12)N1CCC2(CCC2)C1.I. The summed E-state index contributed by atoms with van der Waals surface area (Å²) in [6.07, 6.45) is 9.98. The van der Waals surface area contributed by atoms with E-state index in [1.807, 2.05) is 7.05 Å². The number of halogens is 1. The summed E-state index contributed by atoms with van der Waals surface area (Å²) in [6, 6.07) is 8.54. The number of aromatic nitrogens is 1. The Morgan fingerprint density at radius 3 is 2.84 bits per heavy atom. The quantitative estimate of drug-likeness (QED) is 0.317. The van der Waals surface area contributed by atoms with Crippen molar-refractivity contribution in [2.45, 2.75) is 38.5 Å². The highest BCUT2D eigenvalue weighted by molar-refractivity contribution is 14.0. The van der Waals surface area contributed by atoms with Crippen LogP contribution in [0.25, 0.3) is 10.9 Å². The van der Waals surface area contributed by atoms with Crippen molar-refractivity contribution in [1.29, 1.82) is 0 Å². The number of nitrogens with zero attached hydrogens (tertiary/aromatic N) is 2. The molecule has 1 saturated heterocycles. The molecule has 0 radical (unpaired) electrons. The van der Waals surface area contributed by atoms with Crippen molar-refractivity contribution in [3.8, 4) is 0 Å². The minimum atomic E-state index is 0. The lowest BCUT2D eigenvalue weighted by Gasteiger charge is -2.38. The third kappa shape index (κ3) is 3.81. The number of rotatable bonds is 4. The van der Waals surface area contributed by atoms with Gasteiger partial charge in [-0.05, 0) is 49.1 Å². The van der Waals surface area contributed by atoms with Crippen LogP contribution in [0.15, 0.2) is 35.5 Å². The molecule has 0 bridgehead atoms. The standard InChI is InChI=1S/C20H28N4.HI/c1-21-19(24-13-11-20(15-24)9-5-10-20)22-12-4-6-16-14-23-18-8-3-2-7-17(16)18;/h2-3,7-8,14,23H,4-6,9-13,15H2,1H3,(H,21,22);1H. The van der Waals surface area contributed by atoms with Crippen LogP contribution < -0.4 is 5.32 Å². The summed E-state index contributed by atoms with van der Waals surface area (Å²) in [5.74, 6) is 1.10. The second-order valence-corrected chi connectivity index (χ2v) is 7.46. The average Bonchev–Trinajstić information content (AvgIpc) is 3.20. The zero-order valence-electron chi connectivity index (χ0n) is 15.1. The van der Waals surface area contributed by atoms with Crippen molar-refractivity contribution < 1.29 is 0 Å². The minimum Gasteiger partial charge on any atom is -0.361 e. The van der Waals surface area contributed by atoms with Crippen molar-refractivity contribution in [2.24, 2.45) is 10.4 Å². The first-order valence-corrected chi connectivity index (χ1v) is 9.30. The van der Waals surface area contributed by atoms with E-state index in [1.54, 1.807) is 0 Å². The number of hydrogen-bond donors (Lipinski definition) is 2. The molecule has 25 heavy (non-hydrogen) atoms. The van der Waals surface area contributed by atoms with Crippen LogP contribution in [-0.2, 0) is 6.42 Å². The fourth-order valence-corrected chi connectivity index (χ4v) is 4.35. The number of aromatic amines is 1. The molecule has 0 atom stereocenters. The van der Waals surface area contributed by atoms with Gasteiger partial charge in [-0.2, -0.15) is 0 Å². The number of fused-ring (bicyclic) bond motifs is 1. The Balaban J connectivity index is 0.00000182. The van der Waals surface area contributed by atoms with Gasteiger partial charge < -0.3 is 15.2 Å². The number of likely N-dealkylation sites (tertiary alicyclic amines) is 1. The molecule has 5 heteroatoms. The predicted octanol–water partition coefficient (Wildman–Crippen LogP) is 4.17. The van der Waals surface area contributed by atoms with Crippen molar-refractivity contribution in [2.75, 3.05) is 26.7 Å². The lowest BCUT2D eigenvalue weighted by Crippen LogP contribution is -2.42. The van der Waals surface area contributed by atoms with Gasteiger partial charge >= 0.3 is 0 Å². The Hall–Kier alpha value is -1.24. The van der Waals surface area contributed by atoms with Crippen LogP contribution in [-0.4, -0.2) is 42.5 Å². The Kier molecular flexibility index (Phi) is 5.92. The van der Waals surface area contributed by atoms with E-state index in [2.05, 4.69) is 50.7 Å². The van der Waals surface area contributed by atoms with Crippen LogP contribution in [0.2, 0.25) is 0 Å². The van der Waals surface area contributed by atoms with Gasteiger partial charge in [-0.25, -0.2) is 0 Å². The van der Waals surface area contributed by atoms with Gasteiger partial charge in [-0.1, -0.05) is 24.6 Å². The predicted molar refractivity (Wildman–Crippen MR) is 116 cm³/mol. The largest absolute Gasteiger partial charge is 0.361 e. The van der Waals surface area contributed by atoms with Gasteiger partial charge in [0.05, 0.1) is 0 Å². The zero-order chi connectivity index (χ0) is 16.4. The smallest absolute Gasteiger partial charge is 0.193 e. The molecule has 1 aliphatic carbocycles. The molecule has 4 rings (SSSR count). The molecule has 1 aromatic carbocycles. The van der Waals surface area contributed by atoms with Crippen molar-refractivity contribution in [1.82, 2.24) is 15.2 Å². The van der Waals surface area contributed by atoms with E-state index < -0.39 is 0 Å². The topological polar surface area (TPSA) is 43.4 Å². The number of aliphatic imine (C=N–C) groups is 1. The molecule has 1 aromatic heterocycles. The normalized spacial score (nSPS) is 19.1. The Morgan fingerprint density at radius 1 is 1.28 bits per heavy atom.